The summed E-state index contributed by atoms with van der Waals surface area (Å²) in [7, 11) is 0. The zero-order chi connectivity index (χ0) is 13.3. The summed E-state index contributed by atoms with van der Waals surface area (Å²) >= 11 is 0. The van der Waals surface area contributed by atoms with Gasteiger partial charge in [0.25, 0.3) is 0 Å². The Morgan fingerprint density at radius 1 is 0.882 bits per heavy atom. The van der Waals surface area contributed by atoms with Crippen molar-refractivity contribution >= 4 is 0 Å². The van der Waals surface area contributed by atoms with E-state index in [4.69, 9.17) is 0 Å². The third kappa shape index (κ3) is 4.07. The van der Waals surface area contributed by atoms with E-state index in [1.54, 1.807) is 12.1 Å². The summed E-state index contributed by atoms with van der Waals surface area (Å²) in [5, 5.41) is 9.31. The van der Waals surface area contributed by atoms with Crippen LogP contribution >= 0.6 is 0 Å². The quantitative estimate of drug-likeness (QED) is 0.790. The van der Waals surface area contributed by atoms with Crippen molar-refractivity contribution in [2.75, 3.05) is 0 Å². The van der Waals surface area contributed by atoms with Crippen LogP contribution < -0.4 is 0 Å². The highest BCUT2D eigenvalue weighted by atomic mass is 16.3. The van der Waals surface area contributed by atoms with Crippen LogP contribution in [0.5, 0.6) is 5.75 Å². The highest BCUT2D eigenvalue weighted by Gasteiger charge is 2.34. The monoisotopic (exact) mass is 234 g/mol. The molecule has 0 aliphatic carbocycles. The van der Waals surface area contributed by atoms with E-state index in [9.17, 15) is 5.11 Å². The molecular formula is C16H26O. The number of aromatic hydroxyl groups is 1. The van der Waals surface area contributed by atoms with Crippen LogP contribution in [0.2, 0.25) is 0 Å². The summed E-state index contributed by atoms with van der Waals surface area (Å²) in [4.78, 5) is 0. The summed E-state index contributed by atoms with van der Waals surface area (Å²) in [5.74, 6) is 0.955. The first-order valence-electron chi connectivity index (χ1n) is 6.38. The fourth-order valence-electron chi connectivity index (χ4n) is 2.78. The number of phenolic OH excluding ortho intramolecular Hbond substituents is 1. The molecule has 0 unspecified atom stereocenters. The van der Waals surface area contributed by atoms with Gasteiger partial charge in [-0.1, -0.05) is 53.7 Å². The van der Waals surface area contributed by atoms with Gasteiger partial charge in [0.15, 0.2) is 0 Å². The maximum absolute atomic E-state index is 9.31. The van der Waals surface area contributed by atoms with Crippen molar-refractivity contribution in [2.45, 2.75) is 48.0 Å². The van der Waals surface area contributed by atoms with Crippen molar-refractivity contribution in [1.29, 1.82) is 0 Å². The Kier molecular flexibility index (Phi) is 3.91. The minimum atomic E-state index is 0.288. The molecule has 0 fully saturated rings. The van der Waals surface area contributed by atoms with E-state index in [1.165, 1.54) is 5.56 Å². The topological polar surface area (TPSA) is 20.2 Å². The lowest BCUT2D eigenvalue weighted by molar-refractivity contribution is 0.102. The molecule has 0 spiro atoms. The average Bonchev–Trinajstić information content (AvgIpc) is 2.13. The van der Waals surface area contributed by atoms with Crippen molar-refractivity contribution < 1.29 is 5.11 Å². The smallest absolute Gasteiger partial charge is 0.115 e. The molecule has 0 saturated heterocycles. The molecule has 1 aromatic carbocycles. The van der Waals surface area contributed by atoms with Gasteiger partial charge in [-0.2, -0.15) is 0 Å². The molecule has 0 bridgehead atoms. The van der Waals surface area contributed by atoms with E-state index in [2.05, 4.69) is 41.5 Å². The fourth-order valence-corrected chi connectivity index (χ4v) is 2.78. The maximum Gasteiger partial charge on any atom is 0.115 e. The first kappa shape index (κ1) is 14.1. The normalized spacial score (nSPS) is 13.1. The Hall–Kier alpha value is -0.980. The van der Waals surface area contributed by atoms with Crippen molar-refractivity contribution in [3.05, 3.63) is 29.8 Å². The van der Waals surface area contributed by atoms with Crippen LogP contribution in [0.3, 0.4) is 0 Å². The Bertz CT molecular complexity index is 335. The average molecular weight is 234 g/mol. The summed E-state index contributed by atoms with van der Waals surface area (Å²) in [6.07, 6.45) is 1.06. The zero-order valence-electron chi connectivity index (χ0n) is 12.0. The summed E-state index contributed by atoms with van der Waals surface area (Å²) in [6.45, 7) is 13.9. The molecule has 0 aliphatic rings. The molecule has 0 saturated carbocycles. The van der Waals surface area contributed by atoms with Crippen molar-refractivity contribution in [2.24, 2.45) is 16.7 Å². The van der Waals surface area contributed by atoms with Crippen LogP contribution in [-0.2, 0) is 6.42 Å². The number of hydrogen-bond donors (Lipinski definition) is 1. The predicted octanol–water partition coefficient (Wildman–Crippen LogP) is 4.64. The predicted molar refractivity (Wildman–Crippen MR) is 74.2 cm³/mol. The largest absolute Gasteiger partial charge is 0.508 e. The van der Waals surface area contributed by atoms with Crippen LogP contribution in [-0.4, -0.2) is 5.11 Å². The lowest BCUT2D eigenvalue weighted by Crippen LogP contribution is -2.34. The van der Waals surface area contributed by atoms with Crippen molar-refractivity contribution in [3.63, 3.8) is 0 Å². The second-order valence-corrected chi connectivity index (χ2v) is 7.16. The molecule has 0 radical (unpaired) electrons. The highest BCUT2D eigenvalue weighted by molar-refractivity contribution is 5.26. The SMILES string of the molecule is CC(C)(C)C(Cc1ccc(O)cc1)C(C)(C)C. The molecule has 1 N–H and O–H groups in total. The molecule has 1 nitrogen and oxygen atoms in total. The lowest BCUT2D eigenvalue weighted by atomic mass is 9.64. The standard InChI is InChI=1S/C16H26O/c1-15(2,3)14(16(4,5)6)11-12-7-9-13(17)10-8-12/h7-10,14,17H,11H2,1-6H3. The Morgan fingerprint density at radius 3 is 1.65 bits per heavy atom. The third-order valence-corrected chi connectivity index (χ3v) is 3.47. The van der Waals surface area contributed by atoms with Gasteiger partial charge in [0, 0.05) is 0 Å². The minimum Gasteiger partial charge on any atom is -0.508 e. The van der Waals surface area contributed by atoms with Gasteiger partial charge in [-0.3, -0.25) is 0 Å². The van der Waals surface area contributed by atoms with E-state index in [0.717, 1.165) is 6.42 Å². The Labute approximate surface area is 106 Å². The number of benzene rings is 1. The third-order valence-electron chi connectivity index (χ3n) is 3.47. The maximum atomic E-state index is 9.31. The molecule has 0 atom stereocenters. The van der Waals surface area contributed by atoms with E-state index < -0.39 is 0 Å². The number of rotatable bonds is 2. The first-order chi connectivity index (χ1) is 7.60. The van der Waals surface area contributed by atoms with Crippen LogP contribution in [0.4, 0.5) is 0 Å². The fraction of sp³-hybridized carbons (Fsp3) is 0.625. The van der Waals surface area contributed by atoms with Gasteiger partial charge in [-0.15, -0.1) is 0 Å². The van der Waals surface area contributed by atoms with Crippen LogP contribution in [0.1, 0.15) is 47.1 Å². The molecular weight excluding hydrogens is 208 g/mol. The zero-order valence-corrected chi connectivity index (χ0v) is 12.0. The van der Waals surface area contributed by atoms with E-state index in [0.29, 0.717) is 11.7 Å². The van der Waals surface area contributed by atoms with Crippen LogP contribution in [0.25, 0.3) is 0 Å². The number of phenols is 1. The molecule has 1 rings (SSSR count). The minimum absolute atomic E-state index is 0.288. The summed E-state index contributed by atoms with van der Waals surface area (Å²) in [5.41, 5.74) is 1.88. The van der Waals surface area contributed by atoms with Gasteiger partial charge < -0.3 is 5.11 Å². The molecule has 1 heteroatoms. The molecule has 1 aromatic rings. The molecule has 0 aliphatic heterocycles. The summed E-state index contributed by atoms with van der Waals surface area (Å²) in [6, 6.07) is 7.61. The van der Waals surface area contributed by atoms with E-state index in [-0.39, 0.29) is 10.8 Å². The Balaban J connectivity index is 2.92. The second-order valence-electron chi connectivity index (χ2n) is 7.16. The van der Waals surface area contributed by atoms with Crippen LogP contribution in [0.15, 0.2) is 24.3 Å². The van der Waals surface area contributed by atoms with Gasteiger partial charge in [0.1, 0.15) is 5.75 Å². The molecule has 0 amide bonds. The first-order valence-corrected chi connectivity index (χ1v) is 6.38. The lowest BCUT2D eigenvalue weighted by Gasteiger charge is -2.41. The molecule has 96 valence electrons. The van der Waals surface area contributed by atoms with E-state index in [1.807, 2.05) is 12.1 Å². The molecule has 0 aromatic heterocycles. The molecule has 17 heavy (non-hydrogen) atoms. The van der Waals surface area contributed by atoms with Crippen molar-refractivity contribution in [3.8, 4) is 5.75 Å². The van der Waals surface area contributed by atoms with Gasteiger partial charge >= 0.3 is 0 Å². The van der Waals surface area contributed by atoms with Gasteiger partial charge in [0.05, 0.1) is 0 Å². The second kappa shape index (κ2) is 4.72. The van der Waals surface area contributed by atoms with Gasteiger partial charge in [0.2, 0.25) is 0 Å². The van der Waals surface area contributed by atoms with E-state index >= 15 is 0 Å². The summed E-state index contributed by atoms with van der Waals surface area (Å²) < 4.78 is 0. The van der Waals surface area contributed by atoms with Gasteiger partial charge in [-0.05, 0) is 40.9 Å². The molecule has 0 heterocycles. The van der Waals surface area contributed by atoms with Crippen LogP contribution in [0, 0.1) is 16.7 Å². The van der Waals surface area contributed by atoms with Gasteiger partial charge in [-0.25, -0.2) is 0 Å². The number of hydrogen-bond acceptors (Lipinski definition) is 1. The van der Waals surface area contributed by atoms with Crippen molar-refractivity contribution in [1.82, 2.24) is 0 Å². The Morgan fingerprint density at radius 2 is 1.29 bits per heavy atom. The highest BCUT2D eigenvalue weighted by Crippen LogP contribution is 2.41.